The van der Waals surface area contributed by atoms with Gasteiger partial charge in [0, 0.05) is 6.16 Å². The number of hydrogen-bond donors (Lipinski definition) is 0. The highest BCUT2D eigenvalue weighted by atomic mass is 31.2. The Kier molecular flexibility index (Phi) is 20.2. The van der Waals surface area contributed by atoms with Crippen molar-refractivity contribution in [2.24, 2.45) is 0 Å². The zero-order chi connectivity index (χ0) is 19.3. The lowest BCUT2D eigenvalue weighted by Gasteiger charge is -2.06. The van der Waals surface area contributed by atoms with Crippen LogP contribution in [-0.2, 0) is 4.57 Å². The van der Waals surface area contributed by atoms with Crippen LogP contribution in [0.1, 0.15) is 135 Å². The molecule has 0 heterocycles. The zero-order valence-electron chi connectivity index (χ0n) is 18.7. The fraction of sp³-hybridized carbons (Fsp3) is 1.00. The molecule has 158 valence electrons. The minimum atomic E-state index is -1.76. The molecule has 0 aromatic rings. The molecule has 0 aliphatic heterocycles. The van der Waals surface area contributed by atoms with Gasteiger partial charge in [0.05, 0.1) is 7.14 Å². The van der Waals surface area contributed by atoms with Crippen LogP contribution in [0.3, 0.4) is 0 Å². The highest BCUT2D eigenvalue weighted by Crippen LogP contribution is 2.36. The van der Waals surface area contributed by atoms with Crippen LogP contribution >= 0.6 is 7.14 Å². The molecule has 0 spiro atoms. The van der Waals surface area contributed by atoms with E-state index >= 15 is 0 Å². The van der Waals surface area contributed by atoms with Gasteiger partial charge < -0.3 is 4.57 Å². The number of unbranched alkanes of at least 4 members (excludes halogenated alkanes) is 19. The van der Waals surface area contributed by atoms with E-state index in [9.17, 15) is 4.57 Å². The first-order valence-electron chi connectivity index (χ1n) is 12.1. The number of hydrogen-bond acceptors (Lipinski definition) is 1. The molecule has 0 saturated heterocycles. The van der Waals surface area contributed by atoms with Crippen molar-refractivity contribution in [3.63, 3.8) is 0 Å². The van der Waals surface area contributed by atoms with Crippen molar-refractivity contribution >= 4 is 7.14 Å². The Morgan fingerprint density at radius 1 is 0.423 bits per heavy atom. The predicted octanol–water partition coefficient (Wildman–Crippen LogP) is 9.43. The highest BCUT2D eigenvalue weighted by Gasteiger charge is 2.05. The average Bonchev–Trinajstić information content (AvgIpc) is 2.59. The summed E-state index contributed by atoms with van der Waals surface area (Å²) in [6, 6.07) is 0. The lowest BCUT2D eigenvalue weighted by Crippen LogP contribution is -1.87. The third-order valence-electron chi connectivity index (χ3n) is 5.55. The summed E-state index contributed by atoms with van der Waals surface area (Å²) in [7, 11) is -1.76. The SMILES string of the molecule is CCCCCCCCCCCCCCCCCCCCCCP(C)(C)=O. The summed E-state index contributed by atoms with van der Waals surface area (Å²) >= 11 is 0. The fourth-order valence-corrected chi connectivity index (χ4v) is 4.73. The summed E-state index contributed by atoms with van der Waals surface area (Å²) in [5.74, 6) is 0. The monoisotopic (exact) mass is 386 g/mol. The van der Waals surface area contributed by atoms with Gasteiger partial charge in [-0.2, -0.15) is 0 Å². The Hall–Kier alpha value is 0.230. The Morgan fingerprint density at radius 2 is 0.654 bits per heavy atom. The van der Waals surface area contributed by atoms with Crippen LogP contribution in [0.5, 0.6) is 0 Å². The second-order valence-corrected chi connectivity index (χ2v) is 12.6. The molecule has 26 heavy (non-hydrogen) atoms. The van der Waals surface area contributed by atoms with Crippen molar-refractivity contribution in [3.05, 3.63) is 0 Å². The molecule has 1 nitrogen and oxygen atoms in total. The van der Waals surface area contributed by atoms with E-state index < -0.39 is 7.14 Å². The van der Waals surface area contributed by atoms with E-state index in [-0.39, 0.29) is 0 Å². The zero-order valence-corrected chi connectivity index (χ0v) is 19.6. The second kappa shape index (κ2) is 20.0. The standard InChI is InChI=1S/C24H51OP/c1-4-5-6-7-8-9-10-11-12-13-14-15-16-17-18-19-20-21-22-23-24-26(2,3)25/h4-24H2,1-3H3. The average molecular weight is 387 g/mol. The Balaban J connectivity index is 3.02. The molecule has 0 fully saturated rings. The van der Waals surface area contributed by atoms with Crippen LogP contribution < -0.4 is 0 Å². The molecule has 0 bridgehead atoms. The van der Waals surface area contributed by atoms with Crippen LogP contribution in [0.4, 0.5) is 0 Å². The minimum Gasteiger partial charge on any atom is -0.324 e. The minimum absolute atomic E-state index is 0.950. The molecule has 0 aliphatic carbocycles. The van der Waals surface area contributed by atoms with Crippen LogP contribution in [0.25, 0.3) is 0 Å². The van der Waals surface area contributed by atoms with Gasteiger partial charge in [0.2, 0.25) is 0 Å². The molecule has 0 aromatic carbocycles. The Morgan fingerprint density at radius 3 is 0.885 bits per heavy atom. The quantitative estimate of drug-likeness (QED) is 0.142. The van der Waals surface area contributed by atoms with Crippen molar-refractivity contribution in [2.45, 2.75) is 135 Å². The van der Waals surface area contributed by atoms with Crippen molar-refractivity contribution in [1.29, 1.82) is 0 Å². The van der Waals surface area contributed by atoms with E-state index in [1.54, 1.807) is 0 Å². The third kappa shape index (κ3) is 24.2. The maximum atomic E-state index is 11.6. The fourth-order valence-electron chi connectivity index (χ4n) is 3.75. The largest absolute Gasteiger partial charge is 0.324 e. The van der Waals surface area contributed by atoms with Crippen molar-refractivity contribution < 1.29 is 4.57 Å². The van der Waals surface area contributed by atoms with E-state index in [0.29, 0.717) is 0 Å². The molecule has 0 unspecified atom stereocenters. The van der Waals surface area contributed by atoms with Gasteiger partial charge in [-0.15, -0.1) is 0 Å². The van der Waals surface area contributed by atoms with E-state index in [1.807, 2.05) is 13.3 Å². The highest BCUT2D eigenvalue weighted by molar-refractivity contribution is 7.62. The topological polar surface area (TPSA) is 17.1 Å². The lowest BCUT2D eigenvalue weighted by molar-refractivity contribution is 0.522. The van der Waals surface area contributed by atoms with Crippen LogP contribution in [0.15, 0.2) is 0 Å². The van der Waals surface area contributed by atoms with Gasteiger partial charge in [-0.1, -0.05) is 129 Å². The van der Waals surface area contributed by atoms with Gasteiger partial charge in [0.1, 0.15) is 0 Å². The molecule has 2 heteroatoms. The molecule has 0 amide bonds. The van der Waals surface area contributed by atoms with Crippen LogP contribution in [0.2, 0.25) is 0 Å². The van der Waals surface area contributed by atoms with Gasteiger partial charge >= 0.3 is 0 Å². The van der Waals surface area contributed by atoms with Gasteiger partial charge in [-0.3, -0.25) is 0 Å². The molecule has 0 saturated carbocycles. The molecule has 0 N–H and O–H groups in total. The van der Waals surface area contributed by atoms with Crippen LogP contribution in [0, 0.1) is 0 Å². The van der Waals surface area contributed by atoms with Crippen molar-refractivity contribution in [2.75, 3.05) is 19.5 Å². The van der Waals surface area contributed by atoms with Gasteiger partial charge in [-0.05, 0) is 19.8 Å². The first-order chi connectivity index (χ1) is 12.6. The first-order valence-corrected chi connectivity index (χ1v) is 14.9. The maximum Gasteiger partial charge on any atom is 0.0819 e. The molecule has 0 atom stereocenters. The summed E-state index contributed by atoms with van der Waals surface area (Å²) in [6.45, 7) is 6.13. The van der Waals surface area contributed by atoms with Gasteiger partial charge in [0.25, 0.3) is 0 Å². The van der Waals surface area contributed by atoms with Crippen molar-refractivity contribution in [3.8, 4) is 0 Å². The first kappa shape index (κ1) is 26.2. The summed E-state index contributed by atoms with van der Waals surface area (Å²) in [6.07, 6.45) is 29.3. The van der Waals surface area contributed by atoms with E-state index in [0.717, 1.165) is 6.16 Å². The Bertz CT molecular complexity index is 307. The maximum absolute atomic E-state index is 11.6. The third-order valence-corrected chi connectivity index (χ3v) is 6.94. The molecule has 0 rings (SSSR count). The van der Waals surface area contributed by atoms with E-state index in [2.05, 4.69) is 6.92 Å². The Labute approximate surface area is 166 Å². The molecular weight excluding hydrogens is 335 g/mol. The number of rotatable bonds is 21. The lowest BCUT2D eigenvalue weighted by atomic mass is 10.0. The predicted molar refractivity (Wildman–Crippen MR) is 122 cm³/mol. The second-order valence-electron chi connectivity index (χ2n) is 9.02. The normalized spacial score (nSPS) is 12.0. The molecule has 0 aliphatic rings. The van der Waals surface area contributed by atoms with E-state index in [4.69, 9.17) is 0 Å². The van der Waals surface area contributed by atoms with Crippen molar-refractivity contribution in [1.82, 2.24) is 0 Å². The summed E-state index contributed by atoms with van der Waals surface area (Å²) in [5, 5.41) is 0. The summed E-state index contributed by atoms with van der Waals surface area (Å²) < 4.78 is 11.6. The van der Waals surface area contributed by atoms with Gasteiger partial charge in [0.15, 0.2) is 0 Å². The summed E-state index contributed by atoms with van der Waals surface area (Å²) in [5.41, 5.74) is 0. The molecular formula is C24H51OP. The van der Waals surface area contributed by atoms with Gasteiger partial charge in [-0.25, -0.2) is 0 Å². The molecule has 0 radical (unpaired) electrons. The smallest absolute Gasteiger partial charge is 0.0819 e. The van der Waals surface area contributed by atoms with Crippen LogP contribution in [-0.4, -0.2) is 19.5 Å². The van der Waals surface area contributed by atoms with E-state index in [1.165, 1.54) is 128 Å². The molecule has 0 aromatic heterocycles. The summed E-state index contributed by atoms with van der Waals surface area (Å²) in [4.78, 5) is 0.